The van der Waals surface area contributed by atoms with Crippen molar-refractivity contribution in [2.45, 2.75) is 40.2 Å². The summed E-state index contributed by atoms with van der Waals surface area (Å²) < 4.78 is 0. The molecule has 1 nitrogen and oxygen atoms in total. The Morgan fingerprint density at radius 3 is 2.18 bits per heavy atom. The van der Waals surface area contributed by atoms with Gasteiger partial charge in [-0.2, -0.15) is 0 Å². The third-order valence-corrected chi connectivity index (χ3v) is 2.10. The van der Waals surface area contributed by atoms with Crippen LogP contribution in [0.15, 0.2) is 12.7 Å². The highest BCUT2D eigenvalue weighted by Crippen LogP contribution is 2.29. The molecule has 0 aliphatic heterocycles. The molecule has 1 N–H and O–H groups in total. The van der Waals surface area contributed by atoms with E-state index in [9.17, 15) is 5.11 Å². The Balaban J connectivity index is 4.15. The van der Waals surface area contributed by atoms with Gasteiger partial charge in [0.1, 0.15) is 0 Å². The average Bonchev–Trinajstić information content (AvgIpc) is 1.86. The zero-order chi connectivity index (χ0) is 9.07. The third-order valence-electron chi connectivity index (χ3n) is 2.10. The van der Waals surface area contributed by atoms with Gasteiger partial charge in [-0.25, -0.2) is 0 Å². The van der Waals surface area contributed by atoms with E-state index in [-0.39, 0.29) is 11.5 Å². The third kappa shape index (κ3) is 3.06. The van der Waals surface area contributed by atoms with Gasteiger partial charge in [-0.1, -0.05) is 33.8 Å². The molecule has 0 aliphatic rings. The maximum Gasteiger partial charge on any atom is 0.0616 e. The second-order valence-electron chi connectivity index (χ2n) is 4.17. The molecule has 1 heteroatoms. The van der Waals surface area contributed by atoms with Gasteiger partial charge in [0, 0.05) is 0 Å². The first-order chi connectivity index (χ1) is 4.91. The highest BCUT2D eigenvalue weighted by atomic mass is 16.3. The van der Waals surface area contributed by atoms with Gasteiger partial charge in [0.15, 0.2) is 0 Å². The quantitative estimate of drug-likeness (QED) is 0.620. The van der Waals surface area contributed by atoms with Gasteiger partial charge in [0.25, 0.3) is 0 Å². The Hall–Kier alpha value is -0.300. The predicted octanol–water partition coefficient (Wildman–Crippen LogP) is 2.61. The first kappa shape index (κ1) is 10.7. The first-order valence-corrected chi connectivity index (χ1v) is 4.20. The Bertz CT molecular complexity index is 125. The molecular weight excluding hydrogens is 136 g/mol. The zero-order valence-corrected chi connectivity index (χ0v) is 8.09. The van der Waals surface area contributed by atoms with E-state index in [1.807, 2.05) is 19.9 Å². The highest BCUT2D eigenvalue weighted by Gasteiger charge is 2.28. The van der Waals surface area contributed by atoms with E-state index < -0.39 is 0 Å². The second-order valence-corrected chi connectivity index (χ2v) is 4.17. The summed E-state index contributed by atoms with van der Waals surface area (Å²) in [5.41, 5.74) is -0.0318. The molecule has 0 saturated heterocycles. The Morgan fingerprint density at radius 1 is 1.45 bits per heavy atom. The van der Waals surface area contributed by atoms with E-state index in [0.29, 0.717) is 5.92 Å². The van der Waals surface area contributed by atoms with Crippen LogP contribution in [0.4, 0.5) is 0 Å². The Morgan fingerprint density at radius 2 is 1.91 bits per heavy atom. The summed E-state index contributed by atoms with van der Waals surface area (Å²) in [5.74, 6) is 0.324. The molecule has 0 saturated carbocycles. The largest absolute Gasteiger partial charge is 0.392 e. The fourth-order valence-electron chi connectivity index (χ4n) is 1.40. The van der Waals surface area contributed by atoms with Crippen molar-refractivity contribution in [3.63, 3.8) is 0 Å². The van der Waals surface area contributed by atoms with Crippen LogP contribution in [0.2, 0.25) is 0 Å². The van der Waals surface area contributed by atoms with Crippen molar-refractivity contribution in [1.29, 1.82) is 0 Å². The summed E-state index contributed by atoms with van der Waals surface area (Å²) in [5, 5.41) is 9.74. The van der Waals surface area contributed by atoms with E-state index in [2.05, 4.69) is 20.4 Å². The minimum Gasteiger partial charge on any atom is -0.392 e. The second kappa shape index (κ2) is 3.91. The number of allylic oxidation sites excluding steroid dienone is 1. The minimum absolute atomic E-state index is 0.0318. The number of aliphatic hydroxyl groups excluding tert-OH is 1. The lowest BCUT2D eigenvalue weighted by atomic mass is 9.78. The molecule has 0 radical (unpaired) electrons. The summed E-state index contributed by atoms with van der Waals surface area (Å²) >= 11 is 0. The van der Waals surface area contributed by atoms with Gasteiger partial charge in [-0.3, -0.25) is 0 Å². The number of rotatable bonds is 4. The van der Waals surface area contributed by atoms with Crippen molar-refractivity contribution in [3.8, 4) is 0 Å². The molecule has 0 fully saturated rings. The molecule has 1 unspecified atom stereocenters. The van der Waals surface area contributed by atoms with Gasteiger partial charge in [0.2, 0.25) is 0 Å². The molecule has 0 bridgehead atoms. The normalized spacial score (nSPS) is 15.1. The fourth-order valence-corrected chi connectivity index (χ4v) is 1.40. The smallest absolute Gasteiger partial charge is 0.0616 e. The van der Waals surface area contributed by atoms with E-state index in [4.69, 9.17) is 0 Å². The van der Waals surface area contributed by atoms with E-state index >= 15 is 0 Å². The average molecular weight is 156 g/mol. The van der Waals surface area contributed by atoms with Gasteiger partial charge < -0.3 is 5.11 Å². The molecular formula is C10H20O. The predicted molar refractivity (Wildman–Crippen MR) is 49.4 cm³/mol. The minimum atomic E-state index is -0.236. The van der Waals surface area contributed by atoms with Crippen LogP contribution in [0.3, 0.4) is 0 Å². The van der Waals surface area contributed by atoms with Gasteiger partial charge in [-0.15, -0.1) is 6.58 Å². The van der Waals surface area contributed by atoms with Crippen molar-refractivity contribution >= 4 is 0 Å². The van der Waals surface area contributed by atoms with Crippen LogP contribution in [0.5, 0.6) is 0 Å². The standard InChI is InChI=1S/C10H20O/c1-6-7-10(4,5)9(11)8(2)3/h6,8-9,11H,1,7H2,2-5H3. The van der Waals surface area contributed by atoms with Crippen LogP contribution in [0, 0.1) is 11.3 Å². The van der Waals surface area contributed by atoms with Gasteiger partial charge in [-0.05, 0) is 17.8 Å². The van der Waals surface area contributed by atoms with E-state index in [1.54, 1.807) is 0 Å². The van der Waals surface area contributed by atoms with E-state index in [0.717, 1.165) is 6.42 Å². The maximum atomic E-state index is 9.74. The number of aliphatic hydroxyl groups is 1. The van der Waals surface area contributed by atoms with Crippen LogP contribution in [-0.2, 0) is 0 Å². The summed E-state index contributed by atoms with van der Waals surface area (Å²) in [4.78, 5) is 0. The van der Waals surface area contributed by atoms with E-state index in [1.165, 1.54) is 0 Å². The lowest BCUT2D eigenvalue weighted by molar-refractivity contribution is 0.0150. The van der Waals surface area contributed by atoms with Crippen molar-refractivity contribution < 1.29 is 5.11 Å². The molecule has 0 aliphatic carbocycles. The maximum absolute atomic E-state index is 9.74. The summed E-state index contributed by atoms with van der Waals surface area (Å²) in [6.07, 6.45) is 2.50. The fraction of sp³-hybridized carbons (Fsp3) is 0.800. The molecule has 0 aromatic heterocycles. The molecule has 0 amide bonds. The summed E-state index contributed by atoms with van der Waals surface area (Å²) in [6.45, 7) is 11.9. The lowest BCUT2D eigenvalue weighted by Gasteiger charge is -2.32. The van der Waals surface area contributed by atoms with Crippen LogP contribution >= 0.6 is 0 Å². The van der Waals surface area contributed by atoms with Crippen LogP contribution < -0.4 is 0 Å². The molecule has 0 aromatic carbocycles. The van der Waals surface area contributed by atoms with Crippen LogP contribution in [0.1, 0.15) is 34.1 Å². The Kier molecular flexibility index (Phi) is 3.81. The SMILES string of the molecule is C=CCC(C)(C)C(O)C(C)C. The monoisotopic (exact) mass is 156 g/mol. The summed E-state index contributed by atoms with van der Waals surface area (Å²) in [7, 11) is 0. The molecule has 0 rings (SSSR count). The molecule has 0 aromatic rings. The topological polar surface area (TPSA) is 20.2 Å². The van der Waals surface area contributed by atoms with Gasteiger partial charge >= 0.3 is 0 Å². The van der Waals surface area contributed by atoms with Crippen molar-refractivity contribution in [2.75, 3.05) is 0 Å². The van der Waals surface area contributed by atoms with Crippen molar-refractivity contribution in [1.82, 2.24) is 0 Å². The number of hydrogen-bond acceptors (Lipinski definition) is 1. The summed E-state index contributed by atoms with van der Waals surface area (Å²) in [6, 6.07) is 0. The van der Waals surface area contributed by atoms with Gasteiger partial charge in [0.05, 0.1) is 6.10 Å². The highest BCUT2D eigenvalue weighted by molar-refractivity contribution is 4.86. The molecule has 66 valence electrons. The van der Waals surface area contributed by atoms with Crippen molar-refractivity contribution in [3.05, 3.63) is 12.7 Å². The molecule has 11 heavy (non-hydrogen) atoms. The molecule has 0 spiro atoms. The lowest BCUT2D eigenvalue weighted by Crippen LogP contribution is -2.33. The van der Waals surface area contributed by atoms with Crippen molar-refractivity contribution in [2.24, 2.45) is 11.3 Å². The zero-order valence-electron chi connectivity index (χ0n) is 8.09. The molecule has 0 heterocycles. The molecule has 1 atom stereocenters. The first-order valence-electron chi connectivity index (χ1n) is 4.20. The van der Waals surface area contributed by atoms with Crippen LogP contribution in [0.25, 0.3) is 0 Å². The Labute approximate surface area is 70.1 Å². The number of hydrogen-bond donors (Lipinski definition) is 1. The van der Waals surface area contributed by atoms with Crippen LogP contribution in [-0.4, -0.2) is 11.2 Å².